The van der Waals surface area contributed by atoms with Crippen LogP contribution in [0.1, 0.15) is 0 Å². The number of hydrogen-bond donors (Lipinski definition) is 2. The van der Waals surface area contributed by atoms with Crippen LogP contribution in [0.15, 0.2) is 11.0 Å². The van der Waals surface area contributed by atoms with Crippen LogP contribution in [-0.4, -0.2) is 34.5 Å². The lowest BCUT2D eigenvalue weighted by atomic mass is 10.4. The summed E-state index contributed by atoms with van der Waals surface area (Å²) in [5.41, 5.74) is -0.340. The molecule has 7 nitrogen and oxygen atoms in total. The molecule has 82 valence electrons. The molecule has 0 aliphatic rings. The summed E-state index contributed by atoms with van der Waals surface area (Å²) in [7, 11) is 2.84. The Morgan fingerprint density at radius 3 is 2.93 bits per heavy atom. The van der Waals surface area contributed by atoms with Crippen LogP contribution in [0.4, 0.5) is 5.69 Å². The lowest BCUT2D eigenvalue weighted by molar-refractivity contribution is -0.134. The smallest absolute Gasteiger partial charge is 0.322 e. The van der Waals surface area contributed by atoms with Gasteiger partial charge in [0.05, 0.1) is 13.3 Å². The second-order valence-electron chi connectivity index (χ2n) is 2.76. The average molecular weight is 213 g/mol. The highest BCUT2D eigenvalue weighted by Crippen LogP contribution is 2.16. The Morgan fingerprint density at radius 1 is 1.73 bits per heavy atom. The molecule has 0 radical (unpaired) electrons. The molecule has 1 heterocycles. The van der Waals surface area contributed by atoms with Gasteiger partial charge in [0.25, 0.3) is 5.56 Å². The molecule has 15 heavy (non-hydrogen) atoms. The van der Waals surface area contributed by atoms with E-state index >= 15 is 0 Å². The normalized spacial score (nSPS) is 9.73. The summed E-state index contributed by atoms with van der Waals surface area (Å²) in [6, 6.07) is 0. The number of ether oxygens (including phenoxy) is 1. The van der Waals surface area contributed by atoms with Crippen molar-refractivity contribution in [3.8, 4) is 5.75 Å². The summed E-state index contributed by atoms with van der Waals surface area (Å²) >= 11 is 0. The predicted molar refractivity (Wildman–Crippen MR) is 52.2 cm³/mol. The SMILES string of the molecule is COc1cnn(C)c(=O)c1NCC(=O)O. The summed E-state index contributed by atoms with van der Waals surface area (Å²) in [6.07, 6.45) is 1.34. The Balaban J connectivity index is 3.07. The van der Waals surface area contributed by atoms with Crippen LogP contribution in [0.25, 0.3) is 0 Å². The van der Waals surface area contributed by atoms with E-state index in [9.17, 15) is 9.59 Å². The third kappa shape index (κ3) is 2.46. The molecule has 1 rings (SSSR count). The fourth-order valence-electron chi connectivity index (χ4n) is 1.00. The molecule has 7 heteroatoms. The number of carboxylic acid groups (broad SMARTS) is 1. The van der Waals surface area contributed by atoms with E-state index in [1.807, 2.05) is 0 Å². The molecule has 0 bridgehead atoms. The van der Waals surface area contributed by atoms with Crippen LogP contribution in [-0.2, 0) is 11.8 Å². The van der Waals surface area contributed by atoms with E-state index < -0.39 is 11.5 Å². The number of carboxylic acids is 1. The molecule has 0 amide bonds. The van der Waals surface area contributed by atoms with Gasteiger partial charge in [-0.15, -0.1) is 0 Å². The minimum absolute atomic E-state index is 0.0948. The summed E-state index contributed by atoms with van der Waals surface area (Å²) in [4.78, 5) is 21.9. The zero-order valence-electron chi connectivity index (χ0n) is 8.35. The average Bonchev–Trinajstić information content (AvgIpc) is 2.20. The van der Waals surface area contributed by atoms with Gasteiger partial charge < -0.3 is 15.2 Å². The highest BCUT2D eigenvalue weighted by atomic mass is 16.5. The Hall–Kier alpha value is -2.05. The second kappa shape index (κ2) is 4.45. The first-order valence-corrected chi connectivity index (χ1v) is 4.12. The van der Waals surface area contributed by atoms with Crippen molar-refractivity contribution in [3.63, 3.8) is 0 Å². The number of nitrogens with one attached hydrogen (secondary N) is 1. The van der Waals surface area contributed by atoms with Crippen molar-refractivity contribution in [1.82, 2.24) is 9.78 Å². The Kier molecular flexibility index (Phi) is 3.27. The Morgan fingerprint density at radius 2 is 2.40 bits per heavy atom. The number of aromatic nitrogens is 2. The van der Waals surface area contributed by atoms with Crippen molar-refractivity contribution in [3.05, 3.63) is 16.6 Å². The third-order valence-electron chi connectivity index (χ3n) is 1.74. The molecule has 0 fully saturated rings. The molecule has 0 aliphatic heterocycles. The number of aryl methyl sites for hydroxylation is 1. The number of nitrogens with zero attached hydrogens (tertiary/aromatic N) is 2. The topological polar surface area (TPSA) is 93.5 Å². The van der Waals surface area contributed by atoms with Crippen LogP contribution >= 0.6 is 0 Å². The van der Waals surface area contributed by atoms with Gasteiger partial charge in [0.15, 0.2) is 5.75 Å². The van der Waals surface area contributed by atoms with Crippen LogP contribution in [0.3, 0.4) is 0 Å². The van der Waals surface area contributed by atoms with Gasteiger partial charge in [-0.2, -0.15) is 5.10 Å². The van der Waals surface area contributed by atoms with Gasteiger partial charge in [0.1, 0.15) is 12.2 Å². The van der Waals surface area contributed by atoms with Crippen molar-refractivity contribution in [2.45, 2.75) is 0 Å². The number of methoxy groups -OCH3 is 1. The zero-order valence-corrected chi connectivity index (χ0v) is 8.35. The highest BCUT2D eigenvalue weighted by molar-refractivity contribution is 5.73. The maximum Gasteiger partial charge on any atom is 0.322 e. The first kappa shape index (κ1) is 11.0. The Labute approximate surface area is 85.3 Å². The monoisotopic (exact) mass is 213 g/mol. The molecule has 1 aromatic rings. The van der Waals surface area contributed by atoms with Gasteiger partial charge in [-0.1, -0.05) is 0 Å². The molecular weight excluding hydrogens is 202 g/mol. The highest BCUT2D eigenvalue weighted by Gasteiger charge is 2.10. The van der Waals surface area contributed by atoms with Gasteiger partial charge in [-0.3, -0.25) is 9.59 Å². The molecule has 0 aromatic carbocycles. The first-order chi connectivity index (χ1) is 7.06. The van der Waals surface area contributed by atoms with Crippen LogP contribution in [0.2, 0.25) is 0 Å². The van der Waals surface area contributed by atoms with E-state index in [1.165, 1.54) is 20.4 Å². The lowest BCUT2D eigenvalue weighted by Gasteiger charge is -2.08. The van der Waals surface area contributed by atoms with Crippen molar-refractivity contribution < 1.29 is 14.6 Å². The van der Waals surface area contributed by atoms with Crippen LogP contribution < -0.4 is 15.6 Å². The maximum atomic E-state index is 11.5. The van der Waals surface area contributed by atoms with E-state index in [0.717, 1.165) is 4.68 Å². The largest absolute Gasteiger partial charge is 0.493 e. The van der Waals surface area contributed by atoms with Gasteiger partial charge in [-0.25, -0.2) is 4.68 Å². The standard InChI is InChI=1S/C8H11N3O4/c1-11-8(14)7(9-4-6(12)13)5(15-2)3-10-11/h3,9H,4H2,1-2H3,(H,12,13). The molecule has 0 aliphatic carbocycles. The minimum Gasteiger partial charge on any atom is -0.493 e. The summed E-state index contributed by atoms with van der Waals surface area (Å²) in [6.45, 7) is -0.352. The Bertz CT molecular complexity index is 426. The first-order valence-electron chi connectivity index (χ1n) is 4.12. The molecule has 2 N–H and O–H groups in total. The number of carbonyl (C=O) groups is 1. The van der Waals surface area contributed by atoms with Crippen LogP contribution in [0.5, 0.6) is 5.75 Å². The maximum absolute atomic E-state index is 11.5. The molecule has 0 atom stereocenters. The van der Waals surface area contributed by atoms with E-state index in [1.54, 1.807) is 0 Å². The van der Waals surface area contributed by atoms with Gasteiger partial charge in [0, 0.05) is 7.05 Å². The third-order valence-corrected chi connectivity index (χ3v) is 1.74. The summed E-state index contributed by atoms with van der Waals surface area (Å²) in [5, 5.41) is 14.7. The number of hydrogen-bond acceptors (Lipinski definition) is 5. The van der Waals surface area contributed by atoms with Gasteiger partial charge in [0.2, 0.25) is 0 Å². The fourth-order valence-corrected chi connectivity index (χ4v) is 1.00. The number of aliphatic carboxylic acids is 1. The van der Waals surface area contributed by atoms with Crippen LogP contribution in [0, 0.1) is 0 Å². The van der Waals surface area contributed by atoms with Crippen molar-refractivity contribution >= 4 is 11.7 Å². The van der Waals surface area contributed by atoms with Crippen molar-refractivity contribution in [2.75, 3.05) is 19.0 Å². The summed E-state index contributed by atoms with van der Waals surface area (Å²) < 4.78 is 5.97. The van der Waals surface area contributed by atoms with Crippen molar-refractivity contribution in [2.24, 2.45) is 7.05 Å². The van der Waals surface area contributed by atoms with E-state index in [0.29, 0.717) is 0 Å². The number of anilines is 1. The van der Waals surface area contributed by atoms with E-state index in [2.05, 4.69) is 10.4 Å². The summed E-state index contributed by atoms with van der Waals surface area (Å²) in [5.74, 6) is -0.838. The molecule has 1 aromatic heterocycles. The number of rotatable bonds is 4. The molecule has 0 saturated heterocycles. The fraction of sp³-hybridized carbons (Fsp3) is 0.375. The predicted octanol–water partition coefficient (Wildman–Crippen LogP) is -0.715. The zero-order chi connectivity index (χ0) is 11.4. The second-order valence-corrected chi connectivity index (χ2v) is 2.76. The van der Waals surface area contributed by atoms with E-state index in [4.69, 9.17) is 9.84 Å². The molecule has 0 unspecified atom stereocenters. The lowest BCUT2D eigenvalue weighted by Crippen LogP contribution is -2.26. The van der Waals surface area contributed by atoms with E-state index in [-0.39, 0.29) is 18.0 Å². The molecular formula is C8H11N3O4. The van der Waals surface area contributed by atoms with Gasteiger partial charge >= 0.3 is 5.97 Å². The van der Waals surface area contributed by atoms with Crippen molar-refractivity contribution in [1.29, 1.82) is 0 Å². The quantitative estimate of drug-likeness (QED) is 0.686. The molecule has 0 spiro atoms. The molecule has 0 saturated carbocycles. The van der Waals surface area contributed by atoms with Gasteiger partial charge in [-0.05, 0) is 0 Å². The minimum atomic E-state index is -1.06.